The summed E-state index contributed by atoms with van der Waals surface area (Å²) in [4.78, 5) is 10.9. The summed E-state index contributed by atoms with van der Waals surface area (Å²) in [6.07, 6.45) is 0.490. The number of aliphatic hydroxyl groups is 1. The van der Waals surface area contributed by atoms with Gasteiger partial charge in [0.15, 0.2) is 6.10 Å². The lowest BCUT2D eigenvalue weighted by Gasteiger charge is -2.17. The molecule has 1 aliphatic rings. The van der Waals surface area contributed by atoms with E-state index in [9.17, 15) is 9.90 Å². The molecule has 1 rings (SSSR count). The van der Waals surface area contributed by atoms with Gasteiger partial charge >= 0.3 is 5.97 Å². The van der Waals surface area contributed by atoms with Crippen LogP contribution in [0.5, 0.6) is 0 Å². The molecule has 1 fully saturated rings. The zero-order valence-electron chi connectivity index (χ0n) is 7.87. The van der Waals surface area contributed by atoms with Crippen LogP contribution in [0.4, 0.5) is 0 Å². The highest BCUT2D eigenvalue weighted by Crippen LogP contribution is 2.27. The molecule has 0 bridgehead atoms. The second kappa shape index (κ2) is 4.59. The van der Waals surface area contributed by atoms with Gasteiger partial charge in [-0.2, -0.15) is 0 Å². The first-order valence-corrected chi connectivity index (χ1v) is 5.78. The van der Waals surface area contributed by atoms with E-state index < -0.39 is 12.1 Å². The predicted molar refractivity (Wildman–Crippen MR) is 57.8 cm³/mol. The van der Waals surface area contributed by atoms with E-state index in [0.29, 0.717) is 16.3 Å². The number of hydrogen-bond donors (Lipinski definition) is 1. The first kappa shape index (κ1) is 11.2. The SMILES string of the molecule is CC(C)C[C@H](I)[C@H]1C[C@H](O)C(=O)O1. The summed E-state index contributed by atoms with van der Waals surface area (Å²) in [5, 5.41) is 9.17. The van der Waals surface area contributed by atoms with Gasteiger partial charge in [0.1, 0.15) is 6.10 Å². The molecule has 3 atom stereocenters. The number of rotatable bonds is 3. The summed E-state index contributed by atoms with van der Waals surface area (Å²) in [5.41, 5.74) is 0. The van der Waals surface area contributed by atoms with Crippen molar-refractivity contribution in [3.8, 4) is 0 Å². The van der Waals surface area contributed by atoms with Crippen LogP contribution in [0.2, 0.25) is 0 Å². The van der Waals surface area contributed by atoms with Crippen molar-refractivity contribution in [2.75, 3.05) is 0 Å². The molecule has 0 aromatic rings. The second-order valence-electron chi connectivity index (χ2n) is 3.87. The Balaban J connectivity index is 2.41. The molecular weight excluding hydrogens is 283 g/mol. The fraction of sp³-hybridized carbons (Fsp3) is 0.889. The smallest absolute Gasteiger partial charge is 0.335 e. The van der Waals surface area contributed by atoms with Crippen molar-refractivity contribution >= 4 is 28.6 Å². The molecular formula is C9H15IO3. The Morgan fingerprint density at radius 2 is 2.31 bits per heavy atom. The van der Waals surface area contributed by atoms with Gasteiger partial charge in [-0.1, -0.05) is 36.4 Å². The minimum atomic E-state index is -0.894. The van der Waals surface area contributed by atoms with Gasteiger partial charge in [-0.25, -0.2) is 4.79 Å². The molecule has 3 nitrogen and oxygen atoms in total. The summed E-state index contributed by atoms with van der Waals surface area (Å²) in [7, 11) is 0. The van der Waals surface area contributed by atoms with Gasteiger partial charge in [0.2, 0.25) is 0 Å². The van der Waals surface area contributed by atoms with Gasteiger partial charge in [-0.15, -0.1) is 0 Å². The van der Waals surface area contributed by atoms with E-state index in [1.165, 1.54) is 0 Å². The van der Waals surface area contributed by atoms with Crippen LogP contribution in [-0.2, 0) is 9.53 Å². The first-order chi connectivity index (χ1) is 6.00. The predicted octanol–water partition coefficient (Wildman–Crippen LogP) is 1.51. The number of cyclic esters (lactones) is 1. The van der Waals surface area contributed by atoms with Crippen molar-refractivity contribution < 1.29 is 14.6 Å². The number of ether oxygens (including phenoxy) is 1. The van der Waals surface area contributed by atoms with Gasteiger partial charge < -0.3 is 9.84 Å². The molecule has 1 aliphatic heterocycles. The maximum absolute atomic E-state index is 10.9. The molecule has 0 amide bonds. The van der Waals surface area contributed by atoms with Crippen molar-refractivity contribution in [3.05, 3.63) is 0 Å². The highest BCUT2D eigenvalue weighted by Gasteiger charge is 2.36. The number of alkyl halides is 1. The average molecular weight is 298 g/mol. The van der Waals surface area contributed by atoms with E-state index in [1.807, 2.05) is 0 Å². The zero-order valence-corrected chi connectivity index (χ0v) is 10.0. The van der Waals surface area contributed by atoms with E-state index in [-0.39, 0.29) is 6.10 Å². The maximum Gasteiger partial charge on any atom is 0.335 e. The lowest BCUT2D eigenvalue weighted by molar-refractivity contribution is -0.147. The lowest BCUT2D eigenvalue weighted by Crippen LogP contribution is -2.21. The van der Waals surface area contributed by atoms with Gasteiger partial charge in [-0.3, -0.25) is 0 Å². The van der Waals surface area contributed by atoms with Crippen LogP contribution in [0.25, 0.3) is 0 Å². The molecule has 1 N–H and O–H groups in total. The van der Waals surface area contributed by atoms with Gasteiger partial charge in [-0.05, 0) is 12.3 Å². The monoisotopic (exact) mass is 298 g/mol. The van der Waals surface area contributed by atoms with Gasteiger partial charge in [0.05, 0.1) is 0 Å². The molecule has 0 radical (unpaired) electrons. The number of halogens is 1. The van der Waals surface area contributed by atoms with E-state index in [4.69, 9.17) is 4.74 Å². The number of aliphatic hydroxyl groups excluding tert-OH is 1. The summed E-state index contributed by atoms with van der Waals surface area (Å²) in [6, 6.07) is 0. The minimum absolute atomic E-state index is 0.0921. The summed E-state index contributed by atoms with van der Waals surface area (Å²) >= 11 is 2.29. The molecule has 0 aromatic carbocycles. The third-order valence-corrected chi connectivity index (χ3v) is 3.41. The number of carbonyl (C=O) groups excluding carboxylic acids is 1. The Kier molecular flexibility index (Phi) is 3.97. The van der Waals surface area contributed by atoms with Crippen LogP contribution in [0.1, 0.15) is 26.7 Å². The van der Waals surface area contributed by atoms with Crippen LogP contribution < -0.4 is 0 Å². The van der Waals surface area contributed by atoms with E-state index in [2.05, 4.69) is 36.4 Å². The van der Waals surface area contributed by atoms with Gasteiger partial charge in [0.25, 0.3) is 0 Å². The summed E-state index contributed by atoms with van der Waals surface area (Å²) in [5.74, 6) is 0.133. The van der Waals surface area contributed by atoms with Crippen LogP contribution in [0.15, 0.2) is 0 Å². The Hall–Kier alpha value is 0.160. The normalized spacial score (nSPS) is 30.7. The van der Waals surface area contributed by atoms with E-state index in [0.717, 1.165) is 6.42 Å². The van der Waals surface area contributed by atoms with Crippen molar-refractivity contribution in [1.29, 1.82) is 0 Å². The van der Waals surface area contributed by atoms with E-state index >= 15 is 0 Å². The molecule has 1 heterocycles. The third kappa shape index (κ3) is 3.09. The quantitative estimate of drug-likeness (QED) is 0.488. The molecule has 13 heavy (non-hydrogen) atoms. The fourth-order valence-corrected chi connectivity index (χ4v) is 2.87. The van der Waals surface area contributed by atoms with Crippen LogP contribution in [0, 0.1) is 5.92 Å². The lowest BCUT2D eigenvalue weighted by atomic mass is 10.0. The van der Waals surface area contributed by atoms with Crippen molar-refractivity contribution in [2.45, 2.75) is 42.8 Å². The Morgan fingerprint density at radius 1 is 1.69 bits per heavy atom. The molecule has 0 aliphatic carbocycles. The molecule has 0 aromatic heterocycles. The molecule has 4 heteroatoms. The van der Waals surface area contributed by atoms with Crippen LogP contribution in [-0.4, -0.2) is 27.2 Å². The molecule has 76 valence electrons. The van der Waals surface area contributed by atoms with E-state index in [1.54, 1.807) is 0 Å². The maximum atomic E-state index is 10.9. The Bertz CT molecular complexity index is 193. The third-order valence-electron chi connectivity index (χ3n) is 2.10. The van der Waals surface area contributed by atoms with Crippen LogP contribution in [0.3, 0.4) is 0 Å². The fourth-order valence-electron chi connectivity index (χ4n) is 1.42. The van der Waals surface area contributed by atoms with Gasteiger partial charge in [0, 0.05) is 10.3 Å². The average Bonchev–Trinajstić information content (AvgIpc) is 2.31. The largest absolute Gasteiger partial charge is 0.459 e. The Labute approximate surface area is 92.0 Å². The topological polar surface area (TPSA) is 46.5 Å². The minimum Gasteiger partial charge on any atom is -0.459 e. The number of carbonyl (C=O) groups is 1. The highest BCUT2D eigenvalue weighted by atomic mass is 127. The zero-order chi connectivity index (χ0) is 10.0. The first-order valence-electron chi connectivity index (χ1n) is 4.53. The standard InChI is InChI=1S/C9H15IO3/c1-5(2)3-6(10)8-4-7(11)9(12)13-8/h5-8,11H,3-4H2,1-2H3/t6-,7-,8+/m0/s1. The number of esters is 1. The van der Waals surface area contributed by atoms with Crippen molar-refractivity contribution in [2.24, 2.45) is 5.92 Å². The second-order valence-corrected chi connectivity index (χ2v) is 5.47. The molecule has 0 saturated carbocycles. The molecule has 1 saturated heterocycles. The van der Waals surface area contributed by atoms with Crippen LogP contribution >= 0.6 is 22.6 Å². The molecule has 0 spiro atoms. The Morgan fingerprint density at radius 3 is 2.69 bits per heavy atom. The highest BCUT2D eigenvalue weighted by molar-refractivity contribution is 14.1. The summed E-state index contributed by atoms with van der Waals surface area (Å²) in [6.45, 7) is 4.28. The molecule has 0 unspecified atom stereocenters. The van der Waals surface area contributed by atoms with Crippen molar-refractivity contribution in [1.82, 2.24) is 0 Å². The van der Waals surface area contributed by atoms with Crippen molar-refractivity contribution in [3.63, 3.8) is 0 Å². The summed E-state index contributed by atoms with van der Waals surface area (Å²) < 4.78 is 5.36. The number of hydrogen-bond acceptors (Lipinski definition) is 3.